The molecule has 9 aromatic carbocycles. The van der Waals surface area contributed by atoms with Crippen LogP contribution in [0.1, 0.15) is 0 Å². The molecule has 68 heavy (non-hydrogen) atoms. The first kappa shape index (κ1) is 40.5. The summed E-state index contributed by atoms with van der Waals surface area (Å²) in [6, 6.07) is 90.6. The van der Waals surface area contributed by atoms with E-state index < -0.39 is 16.1 Å². The zero-order chi connectivity index (χ0) is 45.2. The molecule has 4 nitrogen and oxygen atoms in total. The van der Waals surface area contributed by atoms with Crippen LogP contribution < -0.4 is 41.5 Å². The second-order valence-electron chi connectivity index (χ2n) is 17.7. The average molecular weight is 921 g/mol. The lowest BCUT2D eigenvalue weighted by Gasteiger charge is -2.40. The van der Waals surface area contributed by atoms with Gasteiger partial charge in [0.05, 0.1) is 22.1 Å². The molecule has 322 valence electrons. The van der Waals surface area contributed by atoms with Gasteiger partial charge >= 0.3 is 0 Å². The molecule has 0 bridgehead atoms. The summed E-state index contributed by atoms with van der Waals surface area (Å²) in [5, 5.41) is 13.4. The lowest BCUT2D eigenvalue weighted by Crippen LogP contribution is -2.76. The zero-order valence-corrected chi connectivity index (χ0v) is 40.2. The van der Waals surface area contributed by atoms with Gasteiger partial charge in [0.1, 0.15) is 11.6 Å². The fourth-order valence-electron chi connectivity index (χ4n) is 11.4. The molecule has 3 aromatic heterocycles. The largest absolute Gasteiger partial charge is 0.327 e. The molecule has 0 fully saturated rings. The topological polar surface area (TPSA) is 35.6 Å². The number of nitrogens with zero attached hydrogens (tertiary/aromatic N) is 4. The second kappa shape index (κ2) is 16.2. The highest BCUT2D eigenvalue weighted by atomic mass is 32.2. The molecule has 0 saturated heterocycles. The summed E-state index contributed by atoms with van der Waals surface area (Å²) in [7, 11) is -3.92. The number of rotatable bonds is 8. The van der Waals surface area contributed by atoms with Crippen LogP contribution >= 0.6 is 11.8 Å². The molecule has 4 heterocycles. The predicted octanol–water partition coefficient (Wildman–Crippen LogP) is 8.95. The molecule has 0 aliphatic carbocycles. The summed E-state index contributed by atoms with van der Waals surface area (Å²) in [5.41, 5.74) is 5.52. The summed E-state index contributed by atoms with van der Waals surface area (Å²) in [4.78, 5) is 13.0. The van der Waals surface area contributed by atoms with E-state index in [4.69, 9.17) is 9.97 Å². The first-order valence-electron chi connectivity index (χ1n) is 23.2. The van der Waals surface area contributed by atoms with Crippen molar-refractivity contribution < 1.29 is 0 Å². The molecule has 13 rings (SSSR count). The summed E-state index contributed by atoms with van der Waals surface area (Å²) in [5.74, 6) is 1.85. The van der Waals surface area contributed by atoms with Crippen LogP contribution in [0.3, 0.4) is 0 Å². The normalized spacial score (nSPS) is 13.1. The van der Waals surface area contributed by atoms with Gasteiger partial charge < -0.3 is 4.57 Å². The Hall–Kier alpha value is -7.82. The summed E-state index contributed by atoms with van der Waals surface area (Å²) < 4.78 is 4.67. The smallest absolute Gasteiger partial charge is 0.182 e. The molecule has 12 aromatic rings. The number of hydrogen-bond acceptors (Lipinski definition) is 3. The number of benzene rings is 9. The van der Waals surface area contributed by atoms with Crippen molar-refractivity contribution in [2.75, 3.05) is 0 Å². The number of aryl methyl sites for hydroxylation is 1. The Morgan fingerprint density at radius 3 is 1.78 bits per heavy atom. The molecule has 1 aliphatic rings. The first-order chi connectivity index (χ1) is 33.7. The Labute approximate surface area is 401 Å². The standard InChI is InChI=1S/C61H44N4SSi2/c1-64-52-32-15-14-31-51(52)63-61(64)43-21-20-30-48(41-43)67(44-22-6-2-7-23-44,45-24-8-3-9-25-45)49-36-37-50-54(42-49)65(58-35-18-19-40-62-58)53-38-39-56-60(59(50)53)68(46-26-10-4-11-27-46,47-28-12-5-13-29-47)57-34-17-16-33-55(57)66-56/h2-42H,1H3. The molecular weight excluding hydrogens is 877 g/mol. The minimum Gasteiger partial charge on any atom is -0.327 e. The summed E-state index contributed by atoms with van der Waals surface area (Å²) in [6.07, 6.45) is 1.92. The van der Waals surface area contributed by atoms with Crippen molar-refractivity contribution in [2.45, 2.75) is 9.79 Å². The number of para-hydroxylation sites is 2. The number of aromatic nitrogens is 4. The van der Waals surface area contributed by atoms with Crippen LogP contribution in [0.4, 0.5) is 0 Å². The highest BCUT2D eigenvalue weighted by Gasteiger charge is 2.49. The fourth-order valence-corrected chi connectivity index (χ4v) is 23.4. The van der Waals surface area contributed by atoms with Gasteiger partial charge in [-0.15, -0.1) is 0 Å². The van der Waals surface area contributed by atoms with Gasteiger partial charge in [0.2, 0.25) is 0 Å². The highest BCUT2D eigenvalue weighted by Crippen LogP contribution is 2.40. The third-order valence-corrected chi connectivity index (χ3v) is 25.4. The molecule has 0 amide bonds. The van der Waals surface area contributed by atoms with Crippen LogP contribution in [-0.2, 0) is 7.05 Å². The molecule has 7 heteroatoms. The van der Waals surface area contributed by atoms with Crippen LogP contribution in [0.5, 0.6) is 0 Å². The second-order valence-corrected chi connectivity index (χ2v) is 26.3. The van der Waals surface area contributed by atoms with Crippen LogP contribution in [0.25, 0.3) is 50.0 Å². The summed E-state index contributed by atoms with van der Waals surface area (Å²) in [6.45, 7) is 0. The number of hydrogen-bond donors (Lipinski definition) is 0. The first-order valence-corrected chi connectivity index (χ1v) is 28.0. The molecule has 0 unspecified atom stereocenters. The number of fused-ring (bicyclic) bond motifs is 7. The minimum atomic E-state index is -3.09. The van der Waals surface area contributed by atoms with Gasteiger partial charge in [-0.1, -0.05) is 206 Å². The van der Waals surface area contributed by atoms with Crippen LogP contribution in [0.2, 0.25) is 0 Å². The Kier molecular flexibility index (Phi) is 9.64. The Balaban J connectivity index is 1.16. The Morgan fingerprint density at radius 1 is 0.471 bits per heavy atom. The number of imidazole rings is 1. The zero-order valence-electron chi connectivity index (χ0n) is 37.4. The van der Waals surface area contributed by atoms with Gasteiger partial charge in [-0.2, -0.15) is 0 Å². The minimum absolute atomic E-state index is 0.899. The van der Waals surface area contributed by atoms with E-state index in [9.17, 15) is 0 Å². The van der Waals surface area contributed by atoms with E-state index in [1.165, 1.54) is 62.1 Å². The van der Waals surface area contributed by atoms with E-state index in [0.29, 0.717) is 0 Å². The Morgan fingerprint density at radius 2 is 1.09 bits per heavy atom. The van der Waals surface area contributed by atoms with Gasteiger partial charge in [-0.3, -0.25) is 4.57 Å². The predicted molar refractivity (Wildman–Crippen MR) is 290 cm³/mol. The van der Waals surface area contributed by atoms with Crippen molar-refractivity contribution >= 4 is 102 Å². The van der Waals surface area contributed by atoms with E-state index in [1.54, 1.807) is 0 Å². The molecule has 0 saturated carbocycles. The molecule has 0 atom stereocenters. The SMILES string of the molecule is Cn1c(-c2cccc([Si](c3ccccc3)(c3ccccc3)c3ccc4c5c6c(ccc5n(-c5ccccn5)c4c3)Sc3ccccc3[Si]6(c3ccccc3)c3ccccc3)c2)nc2ccccc21. The van der Waals surface area contributed by atoms with Crippen molar-refractivity contribution in [2.24, 2.45) is 7.05 Å². The molecule has 0 radical (unpaired) electrons. The van der Waals surface area contributed by atoms with E-state index in [1.807, 2.05) is 24.0 Å². The van der Waals surface area contributed by atoms with Crippen LogP contribution in [0.15, 0.2) is 259 Å². The maximum atomic E-state index is 5.21. The van der Waals surface area contributed by atoms with Crippen molar-refractivity contribution in [3.8, 4) is 17.2 Å². The molecule has 0 N–H and O–H groups in total. The lowest BCUT2D eigenvalue weighted by atomic mass is 10.1. The van der Waals surface area contributed by atoms with Gasteiger partial charge in [0, 0.05) is 39.4 Å². The van der Waals surface area contributed by atoms with Gasteiger partial charge in [-0.25, -0.2) is 9.97 Å². The lowest BCUT2D eigenvalue weighted by molar-refractivity contribution is 0.959. The summed E-state index contributed by atoms with van der Waals surface area (Å²) >= 11 is 1.91. The Bertz CT molecular complexity index is 3760. The molecule has 1 aliphatic heterocycles. The monoisotopic (exact) mass is 920 g/mol. The van der Waals surface area contributed by atoms with Gasteiger partial charge in [0.15, 0.2) is 16.1 Å². The van der Waals surface area contributed by atoms with Crippen LogP contribution in [-0.4, -0.2) is 35.2 Å². The van der Waals surface area contributed by atoms with Gasteiger partial charge in [0.25, 0.3) is 0 Å². The maximum absolute atomic E-state index is 5.21. The maximum Gasteiger partial charge on any atom is 0.182 e. The molecular formula is C61H44N4SSi2. The van der Waals surface area contributed by atoms with Crippen LogP contribution in [0, 0.1) is 0 Å². The van der Waals surface area contributed by atoms with Gasteiger partial charge in [-0.05, 0) is 90.0 Å². The van der Waals surface area contributed by atoms with E-state index >= 15 is 0 Å². The average Bonchev–Trinajstić information content (AvgIpc) is 3.93. The van der Waals surface area contributed by atoms with E-state index in [2.05, 4.69) is 253 Å². The van der Waals surface area contributed by atoms with E-state index in [-0.39, 0.29) is 0 Å². The molecule has 0 spiro atoms. The van der Waals surface area contributed by atoms with Crippen molar-refractivity contribution in [1.82, 2.24) is 19.1 Å². The van der Waals surface area contributed by atoms with Crippen molar-refractivity contribution in [3.63, 3.8) is 0 Å². The number of pyridine rings is 1. The van der Waals surface area contributed by atoms with Crippen molar-refractivity contribution in [1.29, 1.82) is 0 Å². The quantitative estimate of drug-likeness (QED) is 0.113. The third-order valence-electron chi connectivity index (χ3n) is 14.3. The van der Waals surface area contributed by atoms with Crippen molar-refractivity contribution in [3.05, 3.63) is 249 Å². The highest BCUT2D eigenvalue weighted by molar-refractivity contribution is 8.00. The third kappa shape index (κ3) is 5.99. The fraction of sp³-hybridized carbons (Fsp3) is 0.0164. The van der Waals surface area contributed by atoms with E-state index in [0.717, 1.165) is 39.3 Å².